The van der Waals surface area contributed by atoms with Crippen molar-refractivity contribution >= 4 is 40.7 Å². The average Bonchev–Trinajstić information content (AvgIpc) is 2.48. The molecule has 106 valence electrons. The fourth-order valence-corrected chi connectivity index (χ4v) is 3.88. The molecule has 1 aromatic carbocycles. The molecule has 2 N–H and O–H groups in total. The van der Waals surface area contributed by atoms with Gasteiger partial charge in [-0.1, -0.05) is 37.0 Å². The van der Waals surface area contributed by atoms with Crippen LogP contribution in [0.15, 0.2) is 12.1 Å². The van der Waals surface area contributed by atoms with Crippen molar-refractivity contribution < 1.29 is 0 Å². The first-order chi connectivity index (χ1) is 8.87. The molecule has 2 nitrogen and oxygen atoms in total. The second-order valence-corrected chi connectivity index (χ2v) is 8.22. The van der Waals surface area contributed by atoms with E-state index in [0.29, 0.717) is 20.5 Å². The Bertz CT molecular complexity index is 440. The third kappa shape index (κ3) is 4.19. The number of halogens is 2. The maximum Gasteiger partial charge on any atom is 0.0693 e. The van der Waals surface area contributed by atoms with Gasteiger partial charge < -0.3 is 5.73 Å². The maximum atomic E-state index is 6.08. The molecule has 0 aromatic heterocycles. The molecular weight excluding hydrogens is 299 g/mol. The van der Waals surface area contributed by atoms with E-state index in [0.717, 1.165) is 25.2 Å². The van der Waals surface area contributed by atoms with Gasteiger partial charge in [-0.25, -0.2) is 0 Å². The summed E-state index contributed by atoms with van der Waals surface area (Å²) in [6.45, 7) is 7.74. The van der Waals surface area contributed by atoms with Gasteiger partial charge in [-0.3, -0.25) is 4.90 Å². The summed E-state index contributed by atoms with van der Waals surface area (Å²) in [6.07, 6.45) is 1.20. The van der Waals surface area contributed by atoms with Crippen molar-refractivity contribution in [1.82, 2.24) is 4.90 Å². The number of rotatable bonds is 2. The summed E-state index contributed by atoms with van der Waals surface area (Å²) in [7, 11) is 0. The zero-order valence-electron chi connectivity index (χ0n) is 11.4. The summed E-state index contributed by atoms with van der Waals surface area (Å²) in [6, 6.07) is 3.85. The predicted molar refractivity (Wildman–Crippen MR) is 87.3 cm³/mol. The third-order valence-electron chi connectivity index (χ3n) is 3.48. The van der Waals surface area contributed by atoms with Gasteiger partial charge in [0, 0.05) is 23.6 Å². The van der Waals surface area contributed by atoms with Crippen LogP contribution in [-0.4, -0.2) is 28.5 Å². The molecule has 1 aliphatic rings. The largest absolute Gasteiger partial charge is 0.396 e. The van der Waals surface area contributed by atoms with Crippen molar-refractivity contribution in [2.24, 2.45) is 0 Å². The van der Waals surface area contributed by atoms with E-state index in [2.05, 4.69) is 30.5 Å². The summed E-state index contributed by atoms with van der Waals surface area (Å²) >= 11 is 14.2. The van der Waals surface area contributed by atoms with Crippen LogP contribution in [0.3, 0.4) is 0 Å². The van der Waals surface area contributed by atoms with Crippen molar-refractivity contribution in [3.63, 3.8) is 0 Å². The van der Waals surface area contributed by atoms with Gasteiger partial charge in [0.25, 0.3) is 0 Å². The fourth-order valence-electron chi connectivity index (χ4n) is 2.21. The number of nitrogens with two attached hydrogens (primary N) is 1. The van der Waals surface area contributed by atoms with Gasteiger partial charge in [0.05, 0.1) is 15.7 Å². The Balaban J connectivity index is 2.05. The Labute approximate surface area is 129 Å². The molecule has 1 saturated heterocycles. The van der Waals surface area contributed by atoms with Crippen LogP contribution in [0.2, 0.25) is 10.0 Å². The van der Waals surface area contributed by atoms with Gasteiger partial charge in [0.1, 0.15) is 0 Å². The standard InChI is InChI=1S/C14H20Cl2N2S/c1-14(2)3-4-18(5-6-19-14)9-10-7-11(15)13(17)12(16)8-10/h7-8H,3-6,9,17H2,1-2H3. The number of benzene rings is 1. The molecule has 0 saturated carbocycles. The van der Waals surface area contributed by atoms with E-state index in [4.69, 9.17) is 28.9 Å². The highest BCUT2D eigenvalue weighted by atomic mass is 35.5. The first-order valence-electron chi connectivity index (χ1n) is 6.47. The topological polar surface area (TPSA) is 29.3 Å². The van der Waals surface area contributed by atoms with Crippen LogP contribution in [0.25, 0.3) is 0 Å². The monoisotopic (exact) mass is 318 g/mol. The average molecular weight is 319 g/mol. The zero-order chi connectivity index (χ0) is 14.0. The van der Waals surface area contributed by atoms with E-state index in [1.165, 1.54) is 12.2 Å². The van der Waals surface area contributed by atoms with Crippen molar-refractivity contribution in [3.8, 4) is 0 Å². The SMILES string of the molecule is CC1(C)CCN(Cc2cc(Cl)c(N)c(Cl)c2)CCS1. The van der Waals surface area contributed by atoms with Crippen molar-refractivity contribution in [2.75, 3.05) is 24.6 Å². The first-order valence-corrected chi connectivity index (χ1v) is 8.21. The Morgan fingerprint density at radius 2 is 1.89 bits per heavy atom. The van der Waals surface area contributed by atoms with Gasteiger partial charge in [0.15, 0.2) is 0 Å². The van der Waals surface area contributed by atoms with E-state index in [-0.39, 0.29) is 0 Å². The highest BCUT2D eigenvalue weighted by Crippen LogP contribution is 2.32. The van der Waals surface area contributed by atoms with Gasteiger partial charge >= 0.3 is 0 Å². The lowest BCUT2D eigenvalue weighted by Crippen LogP contribution is -2.26. The molecule has 0 spiro atoms. The fraction of sp³-hybridized carbons (Fsp3) is 0.571. The van der Waals surface area contributed by atoms with Crippen molar-refractivity contribution in [3.05, 3.63) is 27.7 Å². The molecule has 2 rings (SSSR count). The van der Waals surface area contributed by atoms with Crippen LogP contribution in [0.1, 0.15) is 25.8 Å². The second kappa shape index (κ2) is 6.13. The van der Waals surface area contributed by atoms with Gasteiger partial charge in [-0.05, 0) is 30.7 Å². The van der Waals surface area contributed by atoms with Gasteiger partial charge in [0.2, 0.25) is 0 Å². The van der Waals surface area contributed by atoms with E-state index in [9.17, 15) is 0 Å². The summed E-state index contributed by atoms with van der Waals surface area (Å²) in [5, 5.41) is 1.10. The number of anilines is 1. The van der Waals surface area contributed by atoms with E-state index in [1.54, 1.807) is 0 Å². The van der Waals surface area contributed by atoms with Gasteiger partial charge in [-0.15, -0.1) is 0 Å². The minimum Gasteiger partial charge on any atom is -0.396 e. The number of nitrogens with zero attached hydrogens (tertiary/aromatic N) is 1. The molecule has 0 atom stereocenters. The highest BCUT2D eigenvalue weighted by molar-refractivity contribution is 8.00. The molecular formula is C14H20Cl2N2S. The van der Waals surface area contributed by atoms with E-state index >= 15 is 0 Å². The van der Waals surface area contributed by atoms with Crippen LogP contribution in [0, 0.1) is 0 Å². The molecule has 1 heterocycles. The first kappa shape index (κ1) is 15.3. The number of nitrogen functional groups attached to an aromatic ring is 1. The molecule has 0 amide bonds. The summed E-state index contributed by atoms with van der Waals surface area (Å²) in [5.74, 6) is 1.17. The normalized spacial score (nSPS) is 20.2. The van der Waals surface area contributed by atoms with Crippen LogP contribution < -0.4 is 5.73 Å². The molecule has 1 fully saturated rings. The van der Waals surface area contributed by atoms with Crippen molar-refractivity contribution in [2.45, 2.75) is 31.6 Å². The quantitative estimate of drug-likeness (QED) is 0.825. The smallest absolute Gasteiger partial charge is 0.0693 e. The number of hydrogen-bond donors (Lipinski definition) is 1. The summed E-state index contributed by atoms with van der Waals surface area (Å²) < 4.78 is 0.380. The number of thioether (sulfide) groups is 1. The molecule has 0 bridgehead atoms. The van der Waals surface area contributed by atoms with Crippen LogP contribution in [0.4, 0.5) is 5.69 Å². The Hall–Kier alpha value is -0.0900. The van der Waals surface area contributed by atoms with Crippen molar-refractivity contribution in [1.29, 1.82) is 0 Å². The molecule has 0 aliphatic carbocycles. The lowest BCUT2D eigenvalue weighted by atomic mass is 10.1. The van der Waals surface area contributed by atoms with Gasteiger partial charge in [-0.2, -0.15) is 11.8 Å². The van der Waals surface area contributed by atoms with Crippen LogP contribution >= 0.6 is 35.0 Å². The number of hydrogen-bond acceptors (Lipinski definition) is 3. The molecule has 1 aromatic rings. The summed E-state index contributed by atoms with van der Waals surface area (Å²) in [5.41, 5.74) is 7.37. The molecule has 0 unspecified atom stereocenters. The molecule has 1 aliphatic heterocycles. The minimum atomic E-state index is 0.380. The zero-order valence-corrected chi connectivity index (χ0v) is 13.7. The van der Waals surface area contributed by atoms with Crippen LogP contribution in [0.5, 0.6) is 0 Å². The Morgan fingerprint density at radius 1 is 1.26 bits per heavy atom. The predicted octanol–water partition coefficient (Wildman–Crippen LogP) is 4.29. The lowest BCUT2D eigenvalue weighted by molar-refractivity contribution is 0.276. The highest BCUT2D eigenvalue weighted by Gasteiger charge is 2.23. The molecule has 19 heavy (non-hydrogen) atoms. The minimum absolute atomic E-state index is 0.380. The Morgan fingerprint density at radius 3 is 2.53 bits per heavy atom. The second-order valence-electron chi connectivity index (χ2n) is 5.61. The molecule has 5 heteroatoms. The third-order valence-corrected chi connectivity index (χ3v) is 5.47. The van der Waals surface area contributed by atoms with Crippen LogP contribution in [-0.2, 0) is 6.54 Å². The van der Waals surface area contributed by atoms with E-state index < -0.39 is 0 Å². The van der Waals surface area contributed by atoms with E-state index in [1.807, 2.05) is 12.1 Å². The lowest BCUT2D eigenvalue weighted by Gasteiger charge is -2.22. The maximum absolute atomic E-state index is 6.08. The molecule has 0 radical (unpaired) electrons. The Kier molecular flexibility index (Phi) is 4.93. The summed E-state index contributed by atoms with van der Waals surface area (Å²) in [4.78, 5) is 2.46.